The van der Waals surface area contributed by atoms with E-state index in [-0.39, 0.29) is 6.04 Å². The number of nitrogens with one attached hydrogen (secondary N) is 1. The van der Waals surface area contributed by atoms with Gasteiger partial charge in [-0.1, -0.05) is 6.08 Å². The van der Waals surface area contributed by atoms with Crippen LogP contribution in [0.5, 0.6) is 0 Å². The number of hydrogen-bond acceptors (Lipinski definition) is 4. The summed E-state index contributed by atoms with van der Waals surface area (Å²) in [5.41, 5.74) is 1.12. The molecule has 1 heterocycles. The second kappa shape index (κ2) is 5.77. The summed E-state index contributed by atoms with van der Waals surface area (Å²) in [7, 11) is -1.25. The molecule has 0 spiro atoms. The Morgan fingerprint density at radius 1 is 1.44 bits per heavy atom. The fourth-order valence-corrected chi connectivity index (χ4v) is 1.75. The lowest BCUT2D eigenvalue weighted by Gasteiger charge is -2.11. The molecule has 0 aliphatic rings. The molecule has 16 heavy (non-hydrogen) atoms. The van der Waals surface area contributed by atoms with Crippen LogP contribution in [0.4, 0.5) is 0 Å². The Balaban J connectivity index is 2.67. The van der Waals surface area contributed by atoms with E-state index < -0.39 is 9.84 Å². The highest BCUT2D eigenvalue weighted by atomic mass is 32.2. The van der Waals surface area contributed by atoms with E-state index in [1.165, 1.54) is 11.7 Å². The number of pyridine rings is 1. The molecular weight excluding hydrogens is 224 g/mol. The van der Waals surface area contributed by atoms with E-state index >= 15 is 0 Å². The summed E-state index contributed by atoms with van der Waals surface area (Å²) in [5.74, 6) is 0. The summed E-state index contributed by atoms with van der Waals surface area (Å²) in [6, 6.07) is 3.84. The van der Waals surface area contributed by atoms with Gasteiger partial charge in [0.15, 0.2) is 9.84 Å². The highest BCUT2D eigenvalue weighted by Gasteiger charge is 2.04. The monoisotopic (exact) mass is 240 g/mol. The molecule has 1 atom stereocenters. The maximum absolute atomic E-state index is 11.0. The van der Waals surface area contributed by atoms with Crippen molar-refractivity contribution >= 4 is 9.84 Å². The lowest BCUT2D eigenvalue weighted by atomic mass is 10.1. The van der Waals surface area contributed by atoms with Crippen LogP contribution in [0.2, 0.25) is 0 Å². The zero-order valence-corrected chi connectivity index (χ0v) is 10.2. The van der Waals surface area contributed by atoms with Crippen LogP contribution in [0.25, 0.3) is 0 Å². The van der Waals surface area contributed by atoms with Crippen molar-refractivity contribution in [3.63, 3.8) is 0 Å². The van der Waals surface area contributed by atoms with E-state index in [2.05, 4.69) is 10.3 Å². The summed E-state index contributed by atoms with van der Waals surface area (Å²) in [5, 5.41) is 4.28. The van der Waals surface area contributed by atoms with Crippen LogP contribution in [-0.2, 0) is 16.3 Å². The Labute approximate surface area is 96.3 Å². The molecule has 0 aromatic carbocycles. The van der Waals surface area contributed by atoms with E-state index in [1.54, 1.807) is 25.5 Å². The van der Waals surface area contributed by atoms with E-state index in [4.69, 9.17) is 0 Å². The second-order valence-electron chi connectivity index (χ2n) is 3.61. The fourth-order valence-electron chi connectivity index (χ4n) is 1.28. The van der Waals surface area contributed by atoms with Crippen LogP contribution >= 0.6 is 0 Å². The number of sulfone groups is 1. The third-order valence-corrected chi connectivity index (χ3v) is 2.79. The molecular formula is C11H16N2O2S. The van der Waals surface area contributed by atoms with Gasteiger partial charge in [-0.15, -0.1) is 0 Å². The summed E-state index contributed by atoms with van der Waals surface area (Å²) < 4.78 is 22.0. The normalized spacial score (nSPS) is 14.1. The lowest BCUT2D eigenvalue weighted by Crippen LogP contribution is -2.25. The first-order valence-electron chi connectivity index (χ1n) is 4.95. The minimum absolute atomic E-state index is 0.0112. The minimum atomic E-state index is -3.05. The minimum Gasteiger partial charge on any atom is -0.313 e. The number of likely N-dealkylation sites (N-methyl/N-ethyl adjacent to an activating group) is 1. The first kappa shape index (κ1) is 12.9. The number of aromatic nitrogens is 1. The first-order valence-corrected chi connectivity index (χ1v) is 6.91. The second-order valence-corrected chi connectivity index (χ2v) is 5.54. The third kappa shape index (κ3) is 5.04. The van der Waals surface area contributed by atoms with Gasteiger partial charge in [0.1, 0.15) is 0 Å². The Morgan fingerprint density at radius 3 is 2.56 bits per heavy atom. The van der Waals surface area contributed by atoms with Gasteiger partial charge >= 0.3 is 0 Å². The maximum Gasteiger partial charge on any atom is 0.168 e. The van der Waals surface area contributed by atoms with Gasteiger partial charge in [0.2, 0.25) is 0 Å². The van der Waals surface area contributed by atoms with Crippen LogP contribution in [0.1, 0.15) is 5.56 Å². The Hall–Kier alpha value is -1.20. The predicted octanol–water partition coefficient (Wildman–Crippen LogP) is 0.770. The molecule has 0 fully saturated rings. The zero-order chi connectivity index (χ0) is 12.0. The summed E-state index contributed by atoms with van der Waals surface area (Å²) in [6.07, 6.45) is 7.04. The van der Waals surface area contributed by atoms with Crippen molar-refractivity contribution < 1.29 is 8.42 Å². The van der Waals surface area contributed by atoms with E-state index in [0.717, 1.165) is 12.0 Å². The molecule has 0 unspecified atom stereocenters. The molecule has 1 N–H and O–H groups in total. The van der Waals surface area contributed by atoms with Crippen molar-refractivity contribution in [3.8, 4) is 0 Å². The van der Waals surface area contributed by atoms with E-state index in [0.29, 0.717) is 0 Å². The summed E-state index contributed by atoms with van der Waals surface area (Å²) in [4.78, 5) is 3.93. The van der Waals surface area contributed by atoms with Crippen LogP contribution in [-0.4, -0.2) is 32.7 Å². The van der Waals surface area contributed by atoms with Crippen LogP contribution in [0.3, 0.4) is 0 Å². The standard InChI is InChI=1S/C11H16N2O2S/c1-12-11(5-8-16(2,14)15)9-10-3-6-13-7-4-10/h3-8,11-12H,9H2,1-2H3/b8-5+/t11-/m1/s1. The molecule has 0 bridgehead atoms. The zero-order valence-electron chi connectivity index (χ0n) is 9.42. The van der Waals surface area contributed by atoms with Crippen LogP contribution in [0.15, 0.2) is 36.0 Å². The average Bonchev–Trinajstić information content (AvgIpc) is 2.24. The molecule has 0 aliphatic heterocycles. The van der Waals surface area contributed by atoms with Gasteiger partial charge in [-0.05, 0) is 31.2 Å². The SMILES string of the molecule is CN[C@H](/C=C/S(C)(=O)=O)Cc1ccncc1. The average molecular weight is 240 g/mol. The maximum atomic E-state index is 11.0. The van der Waals surface area contributed by atoms with Gasteiger partial charge in [0.05, 0.1) is 0 Å². The predicted molar refractivity (Wildman–Crippen MR) is 64.8 cm³/mol. The third-order valence-electron chi connectivity index (χ3n) is 2.13. The van der Waals surface area contributed by atoms with Gasteiger partial charge in [-0.25, -0.2) is 8.42 Å². The van der Waals surface area contributed by atoms with E-state index in [9.17, 15) is 8.42 Å². The van der Waals surface area contributed by atoms with Crippen LogP contribution < -0.4 is 5.32 Å². The largest absolute Gasteiger partial charge is 0.313 e. The van der Waals surface area contributed by atoms with Gasteiger partial charge in [0.25, 0.3) is 0 Å². The highest BCUT2D eigenvalue weighted by Crippen LogP contribution is 2.03. The molecule has 0 aliphatic carbocycles. The molecule has 1 aromatic heterocycles. The van der Waals surface area contributed by atoms with Crippen molar-refractivity contribution in [2.24, 2.45) is 0 Å². The van der Waals surface area contributed by atoms with Crippen molar-refractivity contribution in [1.29, 1.82) is 0 Å². The topological polar surface area (TPSA) is 59.1 Å². The molecule has 1 rings (SSSR count). The molecule has 1 aromatic rings. The Bertz CT molecular complexity index is 440. The first-order chi connectivity index (χ1) is 7.51. The molecule has 0 amide bonds. The molecule has 4 nitrogen and oxygen atoms in total. The molecule has 0 saturated heterocycles. The van der Waals surface area contributed by atoms with E-state index in [1.807, 2.05) is 12.1 Å². The summed E-state index contributed by atoms with van der Waals surface area (Å²) in [6.45, 7) is 0. The van der Waals surface area contributed by atoms with Crippen molar-refractivity contribution in [2.75, 3.05) is 13.3 Å². The number of nitrogens with zero attached hydrogens (tertiary/aromatic N) is 1. The number of rotatable bonds is 5. The van der Waals surface area contributed by atoms with Crippen molar-refractivity contribution in [3.05, 3.63) is 41.6 Å². The van der Waals surface area contributed by atoms with Crippen molar-refractivity contribution in [1.82, 2.24) is 10.3 Å². The molecule has 0 radical (unpaired) electrons. The molecule has 0 saturated carbocycles. The van der Waals surface area contributed by atoms with Gasteiger partial charge in [-0.3, -0.25) is 4.98 Å². The Morgan fingerprint density at radius 2 is 2.06 bits per heavy atom. The van der Waals surface area contributed by atoms with Crippen molar-refractivity contribution in [2.45, 2.75) is 12.5 Å². The Kier molecular flexibility index (Phi) is 4.64. The van der Waals surface area contributed by atoms with Gasteiger partial charge in [-0.2, -0.15) is 0 Å². The molecule has 88 valence electrons. The fraction of sp³-hybridized carbons (Fsp3) is 0.364. The smallest absolute Gasteiger partial charge is 0.168 e. The van der Waals surface area contributed by atoms with Gasteiger partial charge in [0, 0.05) is 30.1 Å². The molecule has 5 heteroatoms. The quantitative estimate of drug-likeness (QED) is 0.826. The van der Waals surface area contributed by atoms with Crippen LogP contribution in [0, 0.1) is 0 Å². The summed E-state index contributed by atoms with van der Waals surface area (Å²) >= 11 is 0. The highest BCUT2D eigenvalue weighted by molar-refractivity contribution is 7.93. The van der Waals surface area contributed by atoms with Gasteiger partial charge < -0.3 is 5.32 Å². The lowest BCUT2D eigenvalue weighted by molar-refractivity contribution is 0.608. The number of hydrogen-bond donors (Lipinski definition) is 1.